The zero-order valence-corrected chi connectivity index (χ0v) is 9.32. The first-order chi connectivity index (χ1) is 6.83. The van der Waals surface area contributed by atoms with Crippen LogP contribution in [0, 0.1) is 0 Å². The Morgan fingerprint density at radius 2 is 1.80 bits per heavy atom. The molecule has 0 aromatic carbocycles. The zero-order chi connectivity index (χ0) is 11.3. The van der Waals surface area contributed by atoms with Gasteiger partial charge in [0.2, 0.25) is 0 Å². The summed E-state index contributed by atoms with van der Waals surface area (Å²) in [5, 5.41) is 3.45. The number of halogens is 1. The minimum atomic E-state index is -0.692. The van der Waals surface area contributed by atoms with E-state index < -0.39 is 18.3 Å². The molecule has 2 rings (SSSR count). The van der Waals surface area contributed by atoms with Crippen LogP contribution in [0.2, 0.25) is 0 Å². The summed E-state index contributed by atoms with van der Waals surface area (Å²) in [6, 6.07) is 1.54. The third-order valence-corrected chi connectivity index (χ3v) is 3.12. The monoisotopic (exact) mass is 212 g/mol. The Hall–Kier alpha value is -0.875. The molecule has 0 spiro atoms. The standard InChI is InChI=1S/C9H14BFN2O2/c1-8(2)9(3,4)15-10(14-8)7-5-6-12-13(7)11/h5-6H,1-4H3. The minimum absolute atomic E-state index is 0.280. The van der Waals surface area contributed by atoms with Crippen LogP contribution in [0.5, 0.6) is 0 Å². The Balaban J connectivity index is 2.27. The van der Waals surface area contributed by atoms with E-state index in [1.807, 2.05) is 27.7 Å². The maximum atomic E-state index is 13.2. The van der Waals surface area contributed by atoms with Crippen LogP contribution < -0.4 is 5.59 Å². The Kier molecular flexibility index (Phi) is 2.17. The lowest BCUT2D eigenvalue weighted by Crippen LogP contribution is -2.41. The van der Waals surface area contributed by atoms with E-state index in [9.17, 15) is 4.48 Å². The second kappa shape index (κ2) is 3.06. The van der Waals surface area contributed by atoms with E-state index in [4.69, 9.17) is 9.31 Å². The normalized spacial score (nSPS) is 23.4. The lowest BCUT2D eigenvalue weighted by molar-refractivity contribution is 0.00578. The van der Waals surface area contributed by atoms with Gasteiger partial charge in [-0.25, -0.2) is 0 Å². The Morgan fingerprint density at radius 3 is 2.20 bits per heavy atom. The van der Waals surface area contributed by atoms with E-state index in [-0.39, 0.29) is 10.5 Å². The highest BCUT2D eigenvalue weighted by Crippen LogP contribution is 2.36. The molecule has 1 aromatic rings. The smallest absolute Gasteiger partial charge is 0.398 e. The predicted molar refractivity (Wildman–Crippen MR) is 54.4 cm³/mol. The van der Waals surface area contributed by atoms with Gasteiger partial charge >= 0.3 is 7.12 Å². The summed E-state index contributed by atoms with van der Waals surface area (Å²) in [5.74, 6) is 0. The Morgan fingerprint density at radius 1 is 1.27 bits per heavy atom. The molecular formula is C9H14BFN2O2. The molecule has 0 aliphatic carbocycles. The maximum absolute atomic E-state index is 13.2. The Bertz CT molecular complexity index is 362. The molecule has 1 fully saturated rings. The molecule has 0 bridgehead atoms. The van der Waals surface area contributed by atoms with E-state index in [1.54, 1.807) is 6.07 Å². The van der Waals surface area contributed by atoms with E-state index >= 15 is 0 Å². The third-order valence-electron chi connectivity index (χ3n) is 3.12. The predicted octanol–water partition coefficient (Wildman–Crippen LogP) is 0.915. The average molecular weight is 212 g/mol. The van der Waals surface area contributed by atoms with E-state index in [0.29, 0.717) is 0 Å². The van der Waals surface area contributed by atoms with Gasteiger partial charge in [-0.3, -0.25) is 0 Å². The fourth-order valence-electron chi connectivity index (χ4n) is 1.43. The number of hydrogen-bond acceptors (Lipinski definition) is 3. The molecule has 0 N–H and O–H groups in total. The largest absolute Gasteiger partial charge is 0.517 e. The molecule has 15 heavy (non-hydrogen) atoms. The summed E-state index contributed by atoms with van der Waals surface area (Å²) in [7, 11) is -0.692. The van der Waals surface area contributed by atoms with Gasteiger partial charge in [0, 0.05) is 0 Å². The molecule has 1 saturated heterocycles. The fraction of sp³-hybridized carbons (Fsp3) is 0.667. The SMILES string of the molecule is CC1(C)OB(c2ccnn2F)OC1(C)C. The van der Waals surface area contributed by atoms with Gasteiger partial charge in [-0.15, -0.1) is 4.90 Å². The van der Waals surface area contributed by atoms with Crippen molar-refractivity contribution in [1.82, 2.24) is 10.0 Å². The van der Waals surface area contributed by atoms with Crippen LogP contribution in [0.1, 0.15) is 27.7 Å². The molecule has 0 atom stereocenters. The van der Waals surface area contributed by atoms with Gasteiger partial charge in [0.1, 0.15) is 5.59 Å². The van der Waals surface area contributed by atoms with Gasteiger partial charge < -0.3 is 9.31 Å². The van der Waals surface area contributed by atoms with Crippen LogP contribution in [0.15, 0.2) is 12.3 Å². The molecule has 1 aliphatic heterocycles. The lowest BCUT2D eigenvalue weighted by atomic mass is 9.85. The highest BCUT2D eigenvalue weighted by atomic mass is 19.2. The molecule has 0 radical (unpaired) electrons. The van der Waals surface area contributed by atoms with E-state index in [1.165, 1.54) is 6.20 Å². The van der Waals surface area contributed by atoms with E-state index in [2.05, 4.69) is 5.10 Å². The van der Waals surface area contributed by atoms with Crippen LogP contribution in [-0.2, 0) is 9.31 Å². The topological polar surface area (TPSA) is 36.3 Å². The molecule has 2 heterocycles. The average Bonchev–Trinajstić information content (AvgIpc) is 2.55. The molecule has 1 aliphatic rings. The molecule has 1 aromatic heterocycles. The van der Waals surface area contributed by atoms with Crippen molar-refractivity contribution in [1.29, 1.82) is 0 Å². The van der Waals surface area contributed by atoms with Gasteiger partial charge in [0.05, 0.1) is 17.4 Å². The first-order valence-electron chi connectivity index (χ1n) is 4.89. The van der Waals surface area contributed by atoms with Crippen molar-refractivity contribution in [3.63, 3.8) is 0 Å². The number of hydrogen-bond donors (Lipinski definition) is 0. The molecule has 6 heteroatoms. The summed E-state index contributed by atoms with van der Waals surface area (Å²) < 4.78 is 24.5. The minimum Gasteiger partial charge on any atom is -0.398 e. The molecule has 82 valence electrons. The summed E-state index contributed by atoms with van der Waals surface area (Å²) in [6.45, 7) is 7.69. The van der Waals surface area contributed by atoms with Crippen molar-refractivity contribution in [3.05, 3.63) is 12.3 Å². The number of nitrogens with zero attached hydrogens (tertiary/aromatic N) is 2. The summed E-state index contributed by atoms with van der Waals surface area (Å²) in [4.78, 5) is 0.280. The maximum Gasteiger partial charge on any atom is 0.517 e. The van der Waals surface area contributed by atoms with Gasteiger partial charge in [0.25, 0.3) is 0 Å². The number of aromatic nitrogens is 2. The lowest BCUT2D eigenvalue weighted by Gasteiger charge is -2.32. The van der Waals surface area contributed by atoms with Crippen molar-refractivity contribution in [3.8, 4) is 0 Å². The van der Waals surface area contributed by atoms with Gasteiger partial charge in [-0.2, -0.15) is 5.10 Å². The van der Waals surface area contributed by atoms with Crippen LogP contribution in [-0.4, -0.2) is 28.3 Å². The summed E-state index contributed by atoms with van der Waals surface area (Å²) in [6.07, 6.45) is 1.38. The Labute approximate surface area is 88.4 Å². The first-order valence-corrected chi connectivity index (χ1v) is 4.89. The first kappa shape index (κ1) is 10.6. The third kappa shape index (κ3) is 1.57. The second-order valence-electron chi connectivity index (χ2n) is 4.70. The summed E-state index contributed by atoms with van der Waals surface area (Å²) in [5.41, 5.74) is -0.627. The van der Waals surface area contributed by atoms with Gasteiger partial charge in [-0.05, 0) is 33.8 Å². The highest BCUT2D eigenvalue weighted by Gasteiger charge is 2.53. The van der Waals surface area contributed by atoms with Gasteiger partial charge in [0.15, 0.2) is 0 Å². The van der Waals surface area contributed by atoms with Crippen LogP contribution in [0.4, 0.5) is 4.48 Å². The zero-order valence-electron chi connectivity index (χ0n) is 9.32. The van der Waals surface area contributed by atoms with E-state index in [0.717, 1.165) is 0 Å². The van der Waals surface area contributed by atoms with Crippen molar-refractivity contribution >= 4 is 12.7 Å². The van der Waals surface area contributed by atoms with Crippen molar-refractivity contribution in [2.75, 3.05) is 0 Å². The van der Waals surface area contributed by atoms with Crippen molar-refractivity contribution < 1.29 is 13.8 Å². The van der Waals surface area contributed by atoms with Crippen molar-refractivity contribution in [2.24, 2.45) is 0 Å². The number of rotatable bonds is 1. The van der Waals surface area contributed by atoms with Crippen LogP contribution >= 0.6 is 0 Å². The molecular weight excluding hydrogens is 198 g/mol. The second-order valence-corrected chi connectivity index (χ2v) is 4.70. The highest BCUT2D eigenvalue weighted by molar-refractivity contribution is 6.61. The van der Waals surface area contributed by atoms with Crippen LogP contribution in [0.3, 0.4) is 0 Å². The molecule has 0 amide bonds. The van der Waals surface area contributed by atoms with Gasteiger partial charge in [-0.1, -0.05) is 4.48 Å². The quantitative estimate of drug-likeness (QED) is 0.649. The van der Waals surface area contributed by atoms with Crippen molar-refractivity contribution in [2.45, 2.75) is 38.9 Å². The fourth-order valence-corrected chi connectivity index (χ4v) is 1.43. The summed E-state index contributed by atoms with van der Waals surface area (Å²) >= 11 is 0. The molecule has 4 nitrogen and oxygen atoms in total. The molecule has 0 saturated carbocycles. The molecule has 0 unspecified atom stereocenters. The van der Waals surface area contributed by atoms with Crippen LogP contribution in [0.25, 0.3) is 0 Å².